The van der Waals surface area contributed by atoms with Crippen LogP contribution in [-0.4, -0.2) is 24.9 Å². The minimum atomic E-state index is -0.433. The molecule has 0 fully saturated rings. The molecule has 5 heteroatoms. The van der Waals surface area contributed by atoms with Crippen LogP contribution in [0.25, 0.3) is 0 Å². The van der Waals surface area contributed by atoms with Crippen molar-refractivity contribution in [3.8, 4) is 0 Å². The average molecular weight is 297 g/mol. The van der Waals surface area contributed by atoms with Crippen molar-refractivity contribution in [1.29, 1.82) is 0 Å². The predicted octanol–water partition coefficient (Wildman–Crippen LogP) is 2.86. The minimum absolute atomic E-state index is 0.0351. The van der Waals surface area contributed by atoms with Crippen molar-refractivity contribution in [2.75, 3.05) is 18.0 Å². The molecule has 0 radical (unpaired) electrons. The zero-order valence-electron chi connectivity index (χ0n) is 12.4. The highest BCUT2D eigenvalue weighted by atomic mass is 35.5. The second-order valence-electron chi connectivity index (χ2n) is 5.66. The Morgan fingerprint density at radius 3 is 2.45 bits per heavy atom. The number of nitrogens with one attached hydrogen (secondary N) is 1. The van der Waals surface area contributed by atoms with Gasteiger partial charge in [-0.1, -0.05) is 38.4 Å². The summed E-state index contributed by atoms with van der Waals surface area (Å²) in [7, 11) is 0. The van der Waals surface area contributed by atoms with Gasteiger partial charge in [0.05, 0.1) is 0 Å². The molecule has 1 aromatic rings. The van der Waals surface area contributed by atoms with Crippen molar-refractivity contribution in [2.24, 2.45) is 5.41 Å². The lowest BCUT2D eigenvalue weighted by Gasteiger charge is -2.23. The van der Waals surface area contributed by atoms with Crippen LogP contribution in [0.15, 0.2) is 24.3 Å². The maximum Gasteiger partial charge on any atom is 0.225 e. The van der Waals surface area contributed by atoms with Crippen LogP contribution in [0.1, 0.15) is 27.7 Å². The van der Waals surface area contributed by atoms with E-state index < -0.39 is 5.41 Å². The standard InChI is InChI=1S/C15H21ClN2O2/c1-11(19)18(13-7-5-6-12(16)10-13)9-8-17-14(20)15(2,3)4/h5-7,10H,8-9H2,1-4H3,(H,17,20). The Bertz CT molecular complexity index is 495. The molecule has 0 unspecified atom stereocenters. The molecule has 2 amide bonds. The van der Waals surface area contributed by atoms with Crippen LogP contribution < -0.4 is 10.2 Å². The van der Waals surface area contributed by atoms with E-state index in [-0.39, 0.29) is 11.8 Å². The third-order valence-electron chi connectivity index (χ3n) is 2.80. The molecule has 1 N–H and O–H groups in total. The summed E-state index contributed by atoms with van der Waals surface area (Å²) in [6.07, 6.45) is 0. The van der Waals surface area contributed by atoms with Gasteiger partial charge in [0.15, 0.2) is 0 Å². The lowest BCUT2D eigenvalue weighted by atomic mass is 9.96. The summed E-state index contributed by atoms with van der Waals surface area (Å²) in [6, 6.07) is 7.10. The second kappa shape index (κ2) is 6.75. The Balaban J connectivity index is 2.66. The Morgan fingerprint density at radius 2 is 1.95 bits per heavy atom. The second-order valence-corrected chi connectivity index (χ2v) is 6.09. The molecule has 0 saturated carbocycles. The average Bonchev–Trinajstić information content (AvgIpc) is 2.32. The SMILES string of the molecule is CC(=O)N(CCNC(=O)C(C)(C)C)c1cccc(Cl)c1. The molecule has 1 aromatic carbocycles. The first-order valence-electron chi connectivity index (χ1n) is 6.54. The Morgan fingerprint density at radius 1 is 1.30 bits per heavy atom. The molecule has 0 aliphatic carbocycles. The van der Waals surface area contributed by atoms with Gasteiger partial charge in [-0.15, -0.1) is 0 Å². The highest BCUT2D eigenvalue weighted by molar-refractivity contribution is 6.30. The van der Waals surface area contributed by atoms with E-state index in [0.717, 1.165) is 5.69 Å². The number of anilines is 1. The van der Waals surface area contributed by atoms with E-state index in [9.17, 15) is 9.59 Å². The summed E-state index contributed by atoms with van der Waals surface area (Å²) in [6.45, 7) is 7.86. The van der Waals surface area contributed by atoms with Crippen molar-refractivity contribution in [3.05, 3.63) is 29.3 Å². The highest BCUT2D eigenvalue weighted by Crippen LogP contribution is 2.19. The summed E-state index contributed by atoms with van der Waals surface area (Å²) >= 11 is 5.93. The van der Waals surface area contributed by atoms with Gasteiger partial charge >= 0.3 is 0 Å². The largest absolute Gasteiger partial charge is 0.354 e. The van der Waals surface area contributed by atoms with Crippen LogP contribution in [0, 0.1) is 5.41 Å². The molecule has 4 nitrogen and oxygen atoms in total. The minimum Gasteiger partial charge on any atom is -0.354 e. The van der Waals surface area contributed by atoms with E-state index in [1.165, 1.54) is 6.92 Å². The molecule has 110 valence electrons. The van der Waals surface area contributed by atoms with Crippen LogP contribution in [0.2, 0.25) is 5.02 Å². The number of hydrogen-bond acceptors (Lipinski definition) is 2. The number of carbonyl (C=O) groups excluding carboxylic acids is 2. The molecule has 20 heavy (non-hydrogen) atoms. The molecule has 0 spiro atoms. The van der Waals surface area contributed by atoms with E-state index in [4.69, 9.17) is 11.6 Å². The van der Waals surface area contributed by atoms with Crippen LogP contribution in [0.5, 0.6) is 0 Å². The maximum atomic E-state index is 11.8. The van der Waals surface area contributed by atoms with Gasteiger partial charge in [-0.05, 0) is 18.2 Å². The molecule has 0 aliphatic rings. The first kappa shape index (κ1) is 16.5. The Kier molecular flexibility index (Phi) is 5.57. The van der Waals surface area contributed by atoms with Gasteiger partial charge in [-0.2, -0.15) is 0 Å². The number of amides is 2. The van der Waals surface area contributed by atoms with Crippen LogP contribution in [0.3, 0.4) is 0 Å². The van der Waals surface area contributed by atoms with Gasteiger partial charge < -0.3 is 10.2 Å². The number of carbonyl (C=O) groups is 2. The fourth-order valence-corrected chi connectivity index (χ4v) is 1.84. The molecular formula is C15H21ClN2O2. The smallest absolute Gasteiger partial charge is 0.225 e. The van der Waals surface area contributed by atoms with Crippen LogP contribution >= 0.6 is 11.6 Å². The van der Waals surface area contributed by atoms with Gasteiger partial charge in [-0.3, -0.25) is 9.59 Å². The molecule has 0 bridgehead atoms. The van der Waals surface area contributed by atoms with Crippen LogP contribution in [0.4, 0.5) is 5.69 Å². The van der Waals surface area contributed by atoms with E-state index in [1.54, 1.807) is 23.1 Å². The van der Waals surface area contributed by atoms with E-state index in [1.807, 2.05) is 26.8 Å². The third-order valence-corrected chi connectivity index (χ3v) is 3.04. The lowest BCUT2D eigenvalue weighted by molar-refractivity contribution is -0.128. The molecular weight excluding hydrogens is 276 g/mol. The van der Waals surface area contributed by atoms with Gasteiger partial charge in [0.2, 0.25) is 11.8 Å². The van der Waals surface area contributed by atoms with Crippen LogP contribution in [-0.2, 0) is 9.59 Å². The number of halogens is 1. The monoisotopic (exact) mass is 296 g/mol. The molecule has 0 saturated heterocycles. The lowest BCUT2D eigenvalue weighted by Crippen LogP contribution is -2.41. The predicted molar refractivity (Wildman–Crippen MR) is 81.9 cm³/mol. The molecule has 1 rings (SSSR count). The zero-order valence-corrected chi connectivity index (χ0v) is 13.1. The Hall–Kier alpha value is -1.55. The van der Waals surface area contributed by atoms with Crippen molar-refractivity contribution < 1.29 is 9.59 Å². The molecule has 0 aliphatic heterocycles. The van der Waals surface area contributed by atoms with Crippen molar-refractivity contribution >= 4 is 29.1 Å². The van der Waals surface area contributed by atoms with Gasteiger partial charge in [0, 0.05) is 36.1 Å². The summed E-state index contributed by atoms with van der Waals surface area (Å²) in [5.41, 5.74) is 0.298. The van der Waals surface area contributed by atoms with E-state index in [0.29, 0.717) is 18.1 Å². The third kappa shape index (κ3) is 4.85. The normalized spacial score (nSPS) is 11.1. The zero-order chi connectivity index (χ0) is 15.3. The van der Waals surface area contributed by atoms with Crippen molar-refractivity contribution in [2.45, 2.75) is 27.7 Å². The van der Waals surface area contributed by atoms with E-state index >= 15 is 0 Å². The van der Waals surface area contributed by atoms with Gasteiger partial charge in [-0.25, -0.2) is 0 Å². The quantitative estimate of drug-likeness (QED) is 0.929. The van der Waals surface area contributed by atoms with Gasteiger partial charge in [0.25, 0.3) is 0 Å². The van der Waals surface area contributed by atoms with Gasteiger partial charge in [0.1, 0.15) is 0 Å². The highest BCUT2D eigenvalue weighted by Gasteiger charge is 2.21. The first-order chi connectivity index (χ1) is 9.21. The number of rotatable bonds is 4. The summed E-state index contributed by atoms with van der Waals surface area (Å²) in [5.74, 6) is -0.121. The fraction of sp³-hybridized carbons (Fsp3) is 0.467. The number of hydrogen-bond donors (Lipinski definition) is 1. The summed E-state index contributed by atoms with van der Waals surface area (Å²) in [4.78, 5) is 25.1. The summed E-state index contributed by atoms with van der Waals surface area (Å²) in [5, 5.41) is 3.40. The first-order valence-corrected chi connectivity index (χ1v) is 6.91. The number of benzene rings is 1. The fourth-order valence-electron chi connectivity index (χ4n) is 1.66. The molecule has 0 aromatic heterocycles. The molecule has 0 atom stereocenters. The number of nitrogens with zero attached hydrogens (tertiary/aromatic N) is 1. The van der Waals surface area contributed by atoms with Crippen molar-refractivity contribution in [3.63, 3.8) is 0 Å². The topological polar surface area (TPSA) is 49.4 Å². The van der Waals surface area contributed by atoms with Crippen molar-refractivity contribution in [1.82, 2.24) is 5.32 Å². The Labute approximate surface area is 125 Å². The maximum absolute atomic E-state index is 11.8. The molecule has 0 heterocycles. The van der Waals surface area contributed by atoms with E-state index in [2.05, 4.69) is 5.32 Å². The summed E-state index contributed by atoms with van der Waals surface area (Å²) < 4.78 is 0.